The Morgan fingerprint density at radius 3 is 2.83 bits per heavy atom. The lowest BCUT2D eigenvalue weighted by Crippen LogP contribution is -1.99. The minimum atomic E-state index is -0.426. The lowest BCUT2D eigenvalue weighted by Gasteiger charge is -2.08. The molecule has 18 heavy (non-hydrogen) atoms. The van der Waals surface area contributed by atoms with Gasteiger partial charge in [-0.1, -0.05) is 12.1 Å². The average Bonchev–Trinajstić information content (AvgIpc) is 2.80. The molecule has 3 nitrogen and oxygen atoms in total. The Hall–Kier alpha value is -1.55. The number of hydrogen-bond acceptors (Lipinski definition) is 2. The molecule has 0 atom stereocenters. The van der Waals surface area contributed by atoms with Crippen LogP contribution in [0.25, 0.3) is 0 Å². The molecule has 0 spiro atoms. The second-order valence-electron chi connectivity index (χ2n) is 4.21. The van der Waals surface area contributed by atoms with Crippen LogP contribution in [0.4, 0.5) is 4.39 Å². The SMILES string of the molecule is CC(C)n1cc(Oc2c(F)cccc2CCl)cn1. The predicted molar refractivity (Wildman–Crippen MR) is 68.6 cm³/mol. The van der Waals surface area contributed by atoms with Gasteiger partial charge >= 0.3 is 0 Å². The number of aromatic nitrogens is 2. The predicted octanol–water partition coefficient (Wildman–Crippen LogP) is 4.13. The van der Waals surface area contributed by atoms with Gasteiger partial charge in [0.15, 0.2) is 17.3 Å². The molecule has 0 saturated heterocycles. The summed E-state index contributed by atoms with van der Waals surface area (Å²) in [7, 11) is 0. The topological polar surface area (TPSA) is 27.1 Å². The monoisotopic (exact) mass is 268 g/mol. The first kappa shape index (κ1) is 12.9. The van der Waals surface area contributed by atoms with Crippen LogP contribution in [-0.2, 0) is 5.88 Å². The van der Waals surface area contributed by atoms with Crippen molar-refractivity contribution < 1.29 is 9.13 Å². The first-order valence-corrected chi connectivity index (χ1v) is 6.20. The number of ether oxygens (including phenoxy) is 1. The lowest BCUT2D eigenvalue weighted by molar-refractivity contribution is 0.436. The van der Waals surface area contributed by atoms with E-state index >= 15 is 0 Å². The van der Waals surface area contributed by atoms with Gasteiger partial charge in [0.05, 0.1) is 18.3 Å². The Labute approximate surface area is 110 Å². The number of rotatable bonds is 4. The van der Waals surface area contributed by atoms with Crippen molar-refractivity contribution in [3.05, 3.63) is 42.0 Å². The van der Waals surface area contributed by atoms with Crippen molar-refractivity contribution in [2.45, 2.75) is 25.8 Å². The highest BCUT2D eigenvalue weighted by atomic mass is 35.5. The highest BCUT2D eigenvalue weighted by molar-refractivity contribution is 6.17. The standard InChI is InChI=1S/C13H14ClFN2O/c1-9(2)17-8-11(7-16-17)18-13-10(6-14)4-3-5-12(13)15/h3-5,7-9H,6H2,1-2H3. The largest absolute Gasteiger partial charge is 0.451 e. The van der Waals surface area contributed by atoms with Crippen LogP contribution in [0.3, 0.4) is 0 Å². The zero-order valence-electron chi connectivity index (χ0n) is 10.2. The lowest BCUT2D eigenvalue weighted by atomic mass is 10.2. The molecule has 0 aliphatic heterocycles. The third-order valence-electron chi connectivity index (χ3n) is 2.52. The van der Waals surface area contributed by atoms with Crippen molar-refractivity contribution in [1.82, 2.24) is 9.78 Å². The summed E-state index contributed by atoms with van der Waals surface area (Å²) in [4.78, 5) is 0. The molecule has 0 bridgehead atoms. The minimum Gasteiger partial charge on any atom is -0.451 e. The molecule has 0 N–H and O–H groups in total. The summed E-state index contributed by atoms with van der Waals surface area (Å²) in [5.74, 6) is 0.437. The maximum Gasteiger partial charge on any atom is 0.167 e. The van der Waals surface area contributed by atoms with Crippen LogP contribution >= 0.6 is 11.6 Å². The molecule has 0 unspecified atom stereocenters. The minimum absolute atomic E-state index is 0.163. The number of alkyl halides is 1. The molecular formula is C13H14ClFN2O. The van der Waals surface area contributed by atoms with Gasteiger partial charge in [0.25, 0.3) is 0 Å². The van der Waals surface area contributed by atoms with Gasteiger partial charge in [-0.3, -0.25) is 4.68 Å². The summed E-state index contributed by atoms with van der Waals surface area (Å²) in [5, 5.41) is 4.13. The zero-order chi connectivity index (χ0) is 13.1. The fourth-order valence-electron chi connectivity index (χ4n) is 1.55. The Bertz CT molecular complexity index is 540. The Balaban J connectivity index is 2.27. The quantitative estimate of drug-likeness (QED) is 0.780. The second-order valence-corrected chi connectivity index (χ2v) is 4.48. The van der Waals surface area contributed by atoms with Crippen LogP contribution in [0.5, 0.6) is 11.5 Å². The van der Waals surface area contributed by atoms with Crippen LogP contribution < -0.4 is 4.74 Å². The molecule has 1 heterocycles. The summed E-state index contributed by atoms with van der Waals surface area (Å²) >= 11 is 5.76. The highest BCUT2D eigenvalue weighted by Gasteiger charge is 2.11. The number of para-hydroxylation sites is 1. The van der Waals surface area contributed by atoms with E-state index in [4.69, 9.17) is 16.3 Å². The van der Waals surface area contributed by atoms with E-state index in [1.54, 1.807) is 29.2 Å². The molecule has 0 radical (unpaired) electrons. The van der Waals surface area contributed by atoms with Crippen LogP contribution in [0.15, 0.2) is 30.6 Å². The molecule has 0 aliphatic carbocycles. The fraction of sp³-hybridized carbons (Fsp3) is 0.308. The van der Waals surface area contributed by atoms with Gasteiger partial charge in [-0.2, -0.15) is 5.10 Å². The number of halogens is 2. The Morgan fingerprint density at radius 2 is 2.22 bits per heavy atom. The van der Waals surface area contributed by atoms with Crippen LogP contribution in [0.2, 0.25) is 0 Å². The second kappa shape index (κ2) is 5.40. The first-order chi connectivity index (χ1) is 8.61. The molecular weight excluding hydrogens is 255 g/mol. The summed E-state index contributed by atoms with van der Waals surface area (Å²) < 4.78 is 20.9. The fourth-order valence-corrected chi connectivity index (χ4v) is 1.76. The number of hydrogen-bond donors (Lipinski definition) is 0. The summed E-state index contributed by atoms with van der Waals surface area (Å²) in [5.41, 5.74) is 0.619. The van der Waals surface area contributed by atoms with Crippen molar-refractivity contribution in [3.63, 3.8) is 0 Å². The normalized spacial score (nSPS) is 10.9. The molecule has 0 saturated carbocycles. The van der Waals surface area contributed by atoms with E-state index in [1.807, 2.05) is 13.8 Å². The molecule has 0 amide bonds. The van der Waals surface area contributed by atoms with E-state index in [-0.39, 0.29) is 17.7 Å². The van der Waals surface area contributed by atoms with Crippen molar-refractivity contribution in [2.24, 2.45) is 0 Å². The summed E-state index contributed by atoms with van der Waals surface area (Å²) in [6.45, 7) is 4.01. The summed E-state index contributed by atoms with van der Waals surface area (Å²) in [6.07, 6.45) is 3.29. The third-order valence-corrected chi connectivity index (χ3v) is 2.81. The maximum atomic E-state index is 13.7. The zero-order valence-corrected chi connectivity index (χ0v) is 11.0. The van der Waals surface area contributed by atoms with E-state index in [0.717, 1.165) is 0 Å². The average molecular weight is 269 g/mol. The van der Waals surface area contributed by atoms with Gasteiger partial charge in [-0.15, -0.1) is 11.6 Å². The van der Waals surface area contributed by atoms with E-state index in [2.05, 4.69) is 5.10 Å². The van der Waals surface area contributed by atoms with E-state index in [0.29, 0.717) is 11.3 Å². The Kier molecular flexibility index (Phi) is 3.87. The highest BCUT2D eigenvalue weighted by Crippen LogP contribution is 2.29. The van der Waals surface area contributed by atoms with Crippen molar-refractivity contribution >= 4 is 11.6 Å². The van der Waals surface area contributed by atoms with Crippen LogP contribution in [-0.4, -0.2) is 9.78 Å². The third kappa shape index (κ3) is 2.64. The van der Waals surface area contributed by atoms with Crippen molar-refractivity contribution in [2.75, 3.05) is 0 Å². The maximum absolute atomic E-state index is 13.7. The van der Waals surface area contributed by atoms with Gasteiger partial charge in [0, 0.05) is 11.6 Å². The Morgan fingerprint density at radius 1 is 1.44 bits per heavy atom. The van der Waals surface area contributed by atoms with Crippen molar-refractivity contribution in [1.29, 1.82) is 0 Å². The number of benzene rings is 1. The van der Waals surface area contributed by atoms with Crippen LogP contribution in [0, 0.1) is 5.82 Å². The molecule has 0 fully saturated rings. The van der Waals surface area contributed by atoms with E-state index < -0.39 is 5.82 Å². The molecule has 0 aliphatic rings. The van der Waals surface area contributed by atoms with Gasteiger partial charge in [0.2, 0.25) is 0 Å². The molecule has 96 valence electrons. The van der Waals surface area contributed by atoms with Gasteiger partial charge < -0.3 is 4.74 Å². The van der Waals surface area contributed by atoms with Gasteiger partial charge in [-0.25, -0.2) is 4.39 Å². The first-order valence-electron chi connectivity index (χ1n) is 5.67. The van der Waals surface area contributed by atoms with Gasteiger partial charge in [0.1, 0.15) is 0 Å². The molecule has 1 aromatic heterocycles. The van der Waals surface area contributed by atoms with Crippen LogP contribution in [0.1, 0.15) is 25.5 Å². The molecule has 2 rings (SSSR count). The molecule has 1 aromatic carbocycles. The number of nitrogens with zero attached hydrogens (tertiary/aromatic N) is 2. The van der Waals surface area contributed by atoms with E-state index in [9.17, 15) is 4.39 Å². The van der Waals surface area contributed by atoms with Gasteiger partial charge in [-0.05, 0) is 19.9 Å². The van der Waals surface area contributed by atoms with Crippen molar-refractivity contribution in [3.8, 4) is 11.5 Å². The summed E-state index contributed by atoms with van der Waals surface area (Å²) in [6, 6.07) is 4.92. The molecule has 5 heteroatoms. The van der Waals surface area contributed by atoms with E-state index in [1.165, 1.54) is 6.07 Å². The smallest absolute Gasteiger partial charge is 0.167 e. The molecule has 2 aromatic rings.